The molecule has 0 saturated heterocycles. The average Bonchev–Trinajstić information content (AvgIpc) is 2.82. The number of hydrogen-bond acceptors (Lipinski definition) is 6. The van der Waals surface area contributed by atoms with Gasteiger partial charge in [0.1, 0.15) is 0 Å². The fourth-order valence-electron chi connectivity index (χ4n) is 5.16. The van der Waals surface area contributed by atoms with Gasteiger partial charge in [-0.15, -0.1) is 24.7 Å². The molecule has 6 nitrogen and oxygen atoms in total. The summed E-state index contributed by atoms with van der Waals surface area (Å²) in [6, 6.07) is 8.08. The molecular weight excluding hydrogens is 579 g/mol. The Balaban J connectivity index is 0.00000924. The van der Waals surface area contributed by atoms with E-state index in [-0.39, 0.29) is 63.4 Å². The second kappa shape index (κ2) is 15.1. The molecule has 0 N–H and O–H groups in total. The van der Waals surface area contributed by atoms with Crippen molar-refractivity contribution >= 4 is 0 Å². The summed E-state index contributed by atoms with van der Waals surface area (Å²) >= 11 is 0. The van der Waals surface area contributed by atoms with E-state index in [9.17, 15) is 20.4 Å². The quantitative estimate of drug-likeness (QED) is 0.346. The van der Waals surface area contributed by atoms with Crippen molar-refractivity contribution in [3.8, 4) is 11.5 Å². The minimum absolute atomic E-state index is 0. The molecule has 2 aromatic carbocycles. The van der Waals surface area contributed by atoms with Gasteiger partial charge in [0.2, 0.25) is 0 Å². The Morgan fingerprint density at radius 3 is 1.02 bits per heavy atom. The van der Waals surface area contributed by atoms with Crippen molar-refractivity contribution in [3.05, 3.63) is 57.6 Å². The first kappa shape index (κ1) is 39.4. The van der Waals surface area contributed by atoms with Crippen LogP contribution < -0.4 is 20.4 Å². The van der Waals surface area contributed by atoms with E-state index in [1.54, 1.807) is 0 Å². The van der Waals surface area contributed by atoms with Crippen molar-refractivity contribution in [2.45, 2.75) is 118 Å². The Morgan fingerprint density at radius 2 is 0.791 bits per heavy atom. The summed E-state index contributed by atoms with van der Waals surface area (Å²) in [7, 11) is 0. The normalized spacial score (nSPS) is 13.1. The van der Waals surface area contributed by atoms with Gasteiger partial charge in [-0.25, -0.2) is 0 Å². The summed E-state index contributed by atoms with van der Waals surface area (Å²) < 4.78 is 0. The summed E-state index contributed by atoms with van der Waals surface area (Å²) in [5, 5.41) is 50.8. The largest absolute Gasteiger partial charge is 0.872 e. The fourth-order valence-corrected chi connectivity index (χ4v) is 5.16. The minimum atomic E-state index is -0.301. The zero-order valence-electron chi connectivity index (χ0n) is 28.9. The van der Waals surface area contributed by atoms with E-state index >= 15 is 0 Å². The molecule has 0 heterocycles. The molecule has 2 aromatic rings. The van der Waals surface area contributed by atoms with Crippen LogP contribution in [0.5, 0.6) is 11.5 Å². The van der Waals surface area contributed by atoms with E-state index in [4.69, 9.17) is 0 Å². The van der Waals surface area contributed by atoms with Crippen molar-refractivity contribution in [2.75, 3.05) is 39.4 Å². The molecule has 2 rings (SSSR count). The smallest absolute Gasteiger partial charge is 0.0227 e. The standard InChI is InChI=1S/C36H58N2O4.Mn/c1-33(2,3)27-19-25(31(41)29(21-27)35(7,8)9)23-37(15-17-39)13-14-38(16-18-40)24-26-20-28(34(4,5)6)22-30(32(26)42)36(10,11)12;/h19-22,41-42H,13-18,23-24H2,1-12H3;/q-2;/p-2. The third-order valence-corrected chi connectivity index (χ3v) is 8.02. The van der Waals surface area contributed by atoms with Crippen LogP contribution in [0.1, 0.15) is 116 Å². The summed E-state index contributed by atoms with van der Waals surface area (Å²) in [6.07, 6.45) is 0. The Hall–Kier alpha value is -1.60. The van der Waals surface area contributed by atoms with Crippen LogP contribution in [-0.4, -0.2) is 49.2 Å². The fraction of sp³-hybridized carbons (Fsp3) is 0.667. The van der Waals surface area contributed by atoms with E-state index in [0.29, 0.717) is 50.4 Å². The van der Waals surface area contributed by atoms with E-state index in [1.165, 1.54) is 0 Å². The third kappa shape index (κ3) is 11.1. The maximum atomic E-state index is 13.6. The van der Waals surface area contributed by atoms with Crippen molar-refractivity contribution in [3.63, 3.8) is 0 Å². The van der Waals surface area contributed by atoms with Crippen LogP contribution in [0.15, 0.2) is 24.3 Å². The molecule has 0 aromatic heterocycles. The van der Waals surface area contributed by atoms with Gasteiger partial charge in [-0.2, -0.15) is 0 Å². The van der Waals surface area contributed by atoms with Crippen LogP contribution >= 0.6 is 0 Å². The van der Waals surface area contributed by atoms with Crippen LogP contribution in [-0.2, 0) is 51.8 Å². The summed E-state index contributed by atoms with van der Waals surface area (Å²) in [4.78, 5) is 4.04. The van der Waals surface area contributed by atoms with Crippen molar-refractivity contribution in [1.29, 1.82) is 0 Å². The number of hydrogen-bond donors (Lipinski definition) is 0. The second-order valence-electron chi connectivity index (χ2n) is 16.0. The average molecular weight is 636 g/mol. The first-order valence-corrected chi connectivity index (χ1v) is 15.4. The van der Waals surface area contributed by atoms with Crippen molar-refractivity contribution in [2.24, 2.45) is 0 Å². The molecule has 0 aliphatic carbocycles. The maximum absolute atomic E-state index is 13.6. The Kier molecular flexibility index (Phi) is 13.9. The molecule has 43 heavy (non-hydrogen) atoms. The van der Waals surface area contributed by atoms with Gasteiger partial charge in [-0.05, 0) is 68.1 Å². The van der Waals surface area contributed by atoms with E-state index in [1.807, 2.05) is 34.1 Å². The van der Waals surface area contributed by atoms with E-state index in [2.05, 4.69) is 83.1 Å². The number of rotatable bonds is 11. The molecule has 0 aliphatic heterocycles. The molecule has 0 bridgehead atoms. The SMILES string of the molecule is CC(C)(C)c1cc(CN(CC[O-])CCN(CC[O-])Cc2cc(C(C)(C)C)cc(C(C)(C)C)c2[O-])c([O-])c(C(C)(C)C)c1.[Mn]. The van der Waals surface area contributed by atoms with Crippen LogP contribution in [0.3, 0.4) is 0 Å². The van der Waals surface area contributed by atoms with Gasteiger partial charge in [0.25, 0.3) is 0 Å². The van der Waals surface area contributed by atoms with Gasteiger partial charge in [-0.1, -0.05) is 107 Å². The molecule has 0 atom stereocenters. The van der Waals surface area contributed by atoms with E-state index in [0.717, 1.165) is 22.3 Å². The minimum Gasteiger partial charge on any atom is -0.872 e. The molecule has 0 saturated carbocycles. The molecule has 7 heteroatoms. The van der Waals surface area contributed by atoms with Crippen molar-refractivity contribution in [1.82, 2.24) is 9.80 Å². The van der Waals surface area contributed by atoms with Crippen molar-refractivity contribution < 1.29 is 37.5 Å². The molecule has 1 radical (unpaired) electrons. The van der Waals surface area contributed by atoms with Crippen LogP contribution in [0, 0.1) is 0 Å². The van der Waals surface area contributed by atoms with Gasteiger partial charge >= 0.3 is 0 Å². The van der Waals surface area contributed by atoms with E-state index < -0.39 is 0 Å². The first-order valence-electron chi connectivity index (χ1n) is 15.4. The Bertz CT molecular complexity index is 1090. The summed E-state index contributed by atoms with van der Waals surface area (Å²) in [6.45, 7) is 27.0. The monoisotopic (exact) mass is 635 g/mol. The Morgan fingerprint density at radius 1 is 0.488 bits per heavy atom. The molecule has 0 fully saturated rings. The zero-order valence-corrected chi connectivity index (χ0v) is 30.1. The molecule has 0 aliphatic rings. The van der Waals surface area contributed by atoms with Gasteiger partial charge in [-0.3, -0.25) is 9.80 Å². The Labute approximate surface area is 273 Å². The van der Waals surface area contributed by atoms with Gasteiger partial charge in [0.15, 0.2) is 0 Å². The van der Waals surface area contributed by atoms with Gasteiger partial charge in [0, 0.05) is 43.2 Å². The number of nitrogens with zero attached hydrogens (tertiary/aromatic N) is 2. The van der Waals surface area contributed by atoms with Crippen LogP contribution in [0.2, 0.25) is 0 Å². The van der Waals surface area contributed by atoms with Gasteiger partial charge in [0.05, 0.1) is 0 Å². The topological polar surface area (TPSA) is 98.7 Å². The van der Waals surface area contributed by atoms with Gasteiger partial charge < -0.3 is 20.4 Å². The predicted octanol–water partition coefficient (Wildman–Crippen LogP) is 4.05. The third-order valence-electron chi connectivity index (χ3n) is 8.02. The second-order valence-corrected chi connectivity index (χ2v) is 16.0. The summed E-state index contributed by atoms with van der Waals surface area (Å²) in [5.41, 5.74) is 4.34. The zero-order chi connectivity index (χ0) is 32.3. The summed E-state index contributed by atoms with van der Waals surface area (Å²) in [5.74, 6) is 0.0695. The maximum Gasteiger partial charge on any atom is 0.0227 e. The molecule has 0 amide bonds. The molecule has 0 spiro atoms. The molecular formula is C36H56MnN2O4-4. The number of benzene rings is 2. The van der Waals surface area contributed by atoms with Crippen LogP contribution in [0.25, 0.3) is 0 Å². The molecule has 245 valence electrons. The predicted molar refractivity (Wildman–Crippen MR) is 167 cm³/mol. The first-order chi connectivity index (χ1) is 19.1. The molecule has 0 unspecified atom stereocenters. The van der Waals surface area contributed by atoms with Crippen LogP contribution in [0.4, 0.5) is 0 Å².